The molecule has 0 radical (unpaired) electrons. The van der Waals surface area contributed by atoms with E-state index in [1.807, 2.05) is 18.2 Å². The minimum absolute atomic E-state index is 0.0912. The fraction of sp³-hybridized carbons (Fsp3) is 0. The lowest BCUT2D eigenvalue weighted by atomic mass is 10.1. The highest BCUT2D eigenvalue weighted by atomic mass is 32.1. The van der Waals surface area contributed by atoms with Crippen LogP contribution in [0, 0.1) is 5.82 Å². The summed E-state index contributed by atoms with van der Waals surface area (Å²) in [4.78, 5) is 13.8. The summed E-state index contributed by atoms with van der Waals surface area (Å²) in [7, 11) is 0. The Labute approximate surface area is 125 Å². The van der Waals surface area contributed by atoms with Crippen molar-refractivity contribution in [2.75, 3.05) is 5.73 Å². The largest absolute Gasteiger partial charge is 0.397 e. The zero-order valence-corrected chi connectivity index (χ0v) is 11.9. The molecule has 4 heteroatoms. The standard InChI is InChI=1S/C17H12FNOS/c18-13-8-6-11(7-9-13)15-10-14(19)17(21-15)16(20)12-4-2-1-3-5-12/h1-10H,19H2. The van der Waals surface area contributed by atoms with Crippen molar-refractivity contribution in [2.45, 2.75) is 0 Å². The molecule has 0 atom stereocenters. The van der Waals surface area contributed by atoms with Crippen molar-refractivity contribution in [1.29, 1.82) is 0 Å². The molecule has 21 heavy (non-hydrogen) atoms. The molecule has 0 spiro atoms. The second kappa shape index (κ2) is 5.50. The van der Waals surface area contributed by atoms with Crippen LogP contribution in [0.25, 0.3) is 10.4 Å². The Kier molecular flexibility index (Phi) is 3.54. The lowest BCUT2D eigenvalue weighted by molar-refractivity contribution is 0.104. The zero-order chi connectivity index (χ0) is 14.8. The number of carbonyl (C=O) groups excluding carboxylic acids is 1. The molecule has 0 bridgehead atoms. The molecule has 0 saturated carbocycles. The maximum absolute atomic E-state index is 13.0. The van der Waals surface area contributed by atoms with Crippen LogP contribution in [0.1, 0.15) is 15.2 Å². The van der Waals surface area contributed by atoms with E-state index in [1.165, 1.54) is 23.5 Å². The highest BCUT2D eigenvalue weighted by Gasteiger charge is 2.16. The second-order valence-electron chi connectivity index (χ2n) is 4.60. The van der Waals surface area contributed by atoms with Crippen molar-refractivity contribution in [3.8, 4) is 10.4 Å². The molecule has 0 aliphatic heterocycles. The van der Waals surface area contributed by atoms with E-state index >= 15 is 0 Å². The predicted octanol–water partition coefficient (Wildman–Crippen LogP) is 4.37. The third kappa shape index (κ3) is 2.71. The van der Waals surface area contributed by atoms with E-state index < -0.39 is 0 Å². The molecule has 2 aromatic carbocycles. The summed E-state index contributed by atoms with van der Waals surface area (Å²) in [5, 5.41) is 0. The van der Waals surface area contributed by atoms with Crippen molar-refractivity contribution >= 4 is 22.8 Å². The zero-order valence-electron chi connectivity index (χ0n) is 11.0. The van der Waals surface area contributed by atoms with Gasteiger partial charge in [0.2, 0.25) is 5.78 Å². The number of rotatable bonds is 3. The maximum Gasteiger partial charge on any atom is 0.205 e. The second-order valence-corrected chi connectivity index (χ2v) is 5.65. The first-order valence-corrected chi connectivity index (χ1v) is 7.22. The molecule has 1 heterocycles. The number of hydrogen-bond donors (Lipinski definition) is 1. The molecule has 0 unspecified atom stereocenters. The Bertz CT molecular complexity index is 778. The first-order chi connectivity index (χ1) is 10.1. The lowest BCUT2D eigenvalue weighted by Gasteiger charge is -1.99. The monoisotopic (exact) mass is 297 g/mol. The molecular weight excluding hydrogens is 285 g/mol. The van der Waals surface area contributed by atoms with E-state index in [0.717, 1.165) is 10.4 Å². The number of nitrogen functional groups attached to an aromatic ring is 1. The van der Waals surface area contributed by atoms with Crippen LogP contribution in [-0.4, -0.2) is 5.78 Å². The number of anilines is 1. The van der Waals surface area contributed by atoms with E-state index in [4.69, 9.17) is 5.73 Å². The number of nitrogens with two attached hydrogens (primary N) is 1. The van der Waals surface area contributed by atoms with Crippen molar-refractivity contribution in [3.63, 3.8) is 0 Å². The van der Waals surface area contributed by atoms with E-state index in [1.54, 1.807) is 30.3 Å². The minimum Gasteiger partial charge on any atom is -0.397 e. The van der Waals surface area contributed by atoms with Gasteiger partial charge in [0.15, 0.2) is 0 Å². The molecule has 3 rings (SSSR count). The van der Waals surface area contributed by atoms with Gasteiger partial charge in [-0.05, 0) is 23.8 Å². The quantitative estimate of drug-likeness (QED) is 0.730. The van der Waals surface area contributed by atoms with Crippen LogP contribution in [0.4, 0.5) is 10.1 Å². The Morgan fingerprint density at radius 1 is 1.00 bits per heavy atom. The van der Waals surface area contributed by atoms with E-state index in [9.17, 15) is 9.18 Å². The SMILES string of the molecule is Nc1cc(-c2ccc(F)cc2)sc1C(=O)c1ccccc1. The summed E-state index contributed by atoms with van der Waals surface area (Å²) < 4.78 is 13.0. The van der Waals surface area contributed by atoms with Crippen molar-refractivity contribution in [1.82, 2.24) is 0 Å². The van der Waals surface area contributed by atoms with Gasteiger partial charge in [-0.2, -0.15) is 0 Å². The Hall–Kier alpha value is -2.46. The molecular formula is C17H12FNOS. The minimum atomic E-state index is -0.288. The first-order valence-electron chi connectivity index (χ1n) is 6.40. The van der Waals surface area contributed by atoms with Gasteiger partial charge in [-0.1, -0.05) is 42.5 Å². The van der Waals surface area contributed by atoms with Gasteiger partial charge in [0.05, 0.1) is 10.6 Å². The predicted molar refractivity (Wildman–Crippen MR) is 84.0 cm³/mol. The maximum atomic E-state index is 13.0. The van der Waals surface area contributed by atoms with Crippen LogP contribution < -0.4 is 5.73 Å². The summed E-state index contributed by atoms with van der Waals surface area (Å²) >= 11 is 1.32. The average Bonchev–Trinajstić information content (AvgIpc) is 2.90. The summed E-state index contributed by atoms with van der Waals surface area (Å²) in [6.07, 6.45) is 0. The van der Waals surface area contributed by atoms with Crippen LogP contribution in [0.5, 0.6) is 0 Å². The average molecular weight is 297 g/mol. The van der Waals surface area contributed by atoms with Crippen molar-refractivity contribution in [2.24, 2.45) is 0 Å². The normalized spacial score (nSPS) is 10.5. The molecule has 0 aliphatic rings. The molecule has 104 valence electrons. The summed E-state index contributed by atoms with van der Waals surface area (Å²) in [5.41, 5.74) is 7.87. The number of hydrogen-bond acceptors (Lipinski definition) is 3. The highest BCUT2D eigenvalue weighted by Crippen LogP contribution is 2.34. The first kappa shape index (κ1) is 13.5. The van der Waals surface area contributed by atoms with Gasteiger partial charge in [0.1, 0.15) is 5.82 Å². The van der Waals surface area contributed by atoms with Crippen LogP contribution in [0.15, 0.2) is 60.7 Å². The number of thiophene rings is 1. The number of ketones is 1. The molecule has 0 fully saturated rings. The van der Waals surface area contributed by atoms with E-state index in [2.05, 4.69) is 0 Å². The molecule has 0 aliphatic carbocycles. The van der Waals surface area contributed by atoms with Crippen LogP contribution in [0.2, 0.25) is 0 Å². The molecule has 1 aromatic heterocycles. The van der Waals surface area contributed by atoms with Gasteiger partial charge >= 0.3 is 0 Å². The fourth-order valence-corrected chi connectivity index (χ4v) is 3.11. The summed E-state index contributed by atoms with van der Waals surface area (Å²) in [6, 6.07) is 16.9. The van der Waals surface area contributed by atoms with Crippen LogP contribution in [0.3, 0.4) is 0 Å². The molecule has 0 saturated heterocycles. The third-order valence-corrected chi connectivity index (χ3v) is 4.33. The van der Waals surface area contributed by atoms with Crippen molar-refractivity contribution in [3.05, 3.63) is 76.9 Å². The summed E-state index contributed by atoms with van der Waals surface area (Å²) in [5.74, 6) is -0.379. The Morgan fingerprint density at radius 3 is 2.33 bits per heavy atom. The topological polar surface area (TPSA) is 43.1 Å². The van der Waals surface area contributed by atoms with E-state index in [-0.39, 0.29) is 11.6 Å². The Balaban J connectivity index is 1.98. The van der Waals surface area contributed by atoms with Crippen LogP contribution in [-0.2, 0) is 0 Å². The van der Waals surface area contributed by atoms with Gasteiger partial charge in [0, 0.05) is 10.4 Å². The molecule has 2 N–H and O–H groups in total. The van der Waals surface area contributed by atoms with Gasteiger partial charge in [-0.15, -0.1) is 11.3 Å². The van der Waals surface area contributed by atoms with Crippen molar-refractivity contribution < 1.29 is 9.18 Å². The molecule has 3 aromatic rings. The molecule has 2 nitrogen and oxygen atoms in total. The smallest absolute Gasteiger partial charge is 0.205 e. The fourth-order valence-electron chi connectivity index (χ4n) is 2.06. The van der Waals surface area contributed by atoms with Gasteiger partial charge in [-0.25, -0.2) is 4.39 Å². The van der Waals surface area contributed by atoms with E-state index in [0.29, 0.717) is 16.1 Å². The van der Waals surface area contributed by atoms with Crippen LogP contribution >= 0.6 is 11.3 Å². The third-order valence-electron chi connectivity index (χ3n) is 3.13. The number of halogens is 1. The highest BCUT2D eigenvalue weighted by molar-refractivity contribution is 7.18. The number of carbonyl (C=O) groups is 1. The van der Waals surface area contributed by atoms with Gasteiger partial charge in [-0.3, -0.25) is 4.79 Å². The van der Waals surface area contributed by atoms with Gasteiger partial charge < -0.3 is 5.73 Å². The number of benzene rings is 2. The summed E-state index contributed by atoms with van der Waals surface area (Å²) in [6.45, 7) is 0. The lowest BCUT2D eigenvalue weighted by Crippen LogP contribution is -2.01. The molecule has 0 amide bonds. The van der Waals surface area contributed by atoms with Gasteiger partial charge in [0.25, 0.3) is 0 Å². The Morgan fingerprint density at radius 2 is 1.67 bits per heavy atom.